The van der Waals surface area contributed by atoms with Crippen molar-refractivity contribution in [3.8, 4) is 0 Å². The molecule has 6 nitrogen and oxygen atoms in total. The van der Waals surface area contributed by atoms with Gasteiger partial charge in [-0.05, 0) is 6.92 Å². The van der Waals surface area contributed by atoms with E-state index < -0.39 is 21.5 Å². The maximum absolute atomic E-state index is 10.7. The molecule has 0 bridgehead atoms. The number of hydrogen-bond acceptors (Lipinski definition) is 5. The molecule has 0 aliphatic carbocycles. The van der Waals surface area contributed by atoms with Gasteiger partial charge in [0, 0.05) is 6.54 Å². The molecule has 78 valence electrons. The van der Waals surface area contributed by atoms with Crippen LogP contribution >= 0.6 is 0 Å². The lowest BCUT2D eigenvalue weighted by Crippen LogP contribution is -2.47. The lowest BCUT2D eigenvalue weighted by Gasteiger charge is -2.30. The third-order valence-corrected chi connectivity index (χ3v) is 3.31. The Labute approximate surface area is 76.8 Å². The van der Waals surface area contributed by atoms with E-state index in [0.29, 0.717) is 6.54 Å². The molecule has 0 radical (unpaired) electrons. The maximum Gasteiger partial charge on any atom is 0.270 e. The zero-order valence-electron chi connectivity index (χ0n) is 7.25. The van der Waals surface area contributed by atoms with Gasteiger partial charge in [-0.2, -0.15) is 13.5 Å². The number of rotatable bonds is 2. The van der Waals surface area contributed by atoms with Gasteiger partial charge in [0.05, 0.1) is 19.3 Å². The molecule has 2 atom stereocenters. The Morgan fingerprint density at radius 1 is 1.62 bits per heavy atom. The predicted molar refractivity (Wildman–Crippen MR) is 44.1 cm³/mol. The molecule has 13 heavy (non-hydrogen) atoms. The van der Waals surface area contributed by atoms with Gasteiger partial charge >= 0.3 is 0 Å². The van der Waals surface area contributed by atoms with Crippen LogP contribution in [0.5, 0.6) is 0 Å². The highest BCUT2D eigenvalue weighted by molar-refractivity contribution is 7.86. The Morgan fingerprint density at radius 2 is 2.23 bits per heavy atom. The highest BCUT2D eigenvalue weighted by Crippen LogP contribution is 2.12. The molecule has 0 spiro atoms. The second-order valence-electron chi connectivity index (χ2n) is 3.04. The van der Waals surface area contributed by atoms with Gasteiger partial charge in [-0.15, -0.1) is 0 Å². The van der Waals surface area contributed by atoms with Crippen LogP contribution in [0.3, 0.4) is 0 Å². The van der Waals surface area contributed by atoms with Gasteiger partial charge in [-0.25, -0.2) is 0 Å². The first-order valence-electron chi connectivity index (χ1n) is 3.93. The Balaban J connectivity index is 2.61. The minimum absolute atomic E-state index is 0.0982. The van der Waals surface area contributed by atoms with E-state index in [1.165, 1.54) is 6.92 Å². The molecule has 0 aromatic rings. The van der Waals surface area contributed by atoms with Crippen molar-refractivity contribution in [2.45, 2.75) is 18.3 Å². The van der Waals surface area contributed by atoms with Gasteiger partial charge < -0.3 is 9.94 Å². The largest absolute Gasteiger partial charge is 0.374 e. The Bertz CT molecular complexity index is 264. The third kappa shape index (κ3) is 2.89. The lowest BCUT2D eigenvalue weighted by molar-refractivity contribution is -0.168. The van der Waals surface area contributed by atoms with Gasteiger partial charge in [-0.3, -0.25) is 4.55 Å². The highest BCUT2D eigenvalue weighted by atomic mass is 32.2. The number of ether oxygens (including phenoxy) is 1. The summed E-state index contributed by atoms with van der Waals surface area (Å²) in [7, 11) is -4.09. The van der Waals surface area contributed by atoms with Gasteiger partial charge in [0.25, 0.3) is 10.1 Å². The Kier molecular flexibility index (Phi) is 3.25. The topological polar surface area (TPSA) is 87.1 Å². The standard InChI is InChI=1S/C6H13NO5S/c1-5(13(9,10)11)6-4-7(8)2-3-12-6/h5-6,8H,2-4H2,1H3,(H,9,10,11). The molecule has 0 aromatic heterocycles. The van der Waals surface area contributed by atoms with E-state index in [0.717, 1.165) is 5.06 Å². The molecule has 1 saturated heterocycles. The van der Waals surface area contributed by atoms with Crippen molar-refractivity contribution in [1.82, 2.24) is 5.06 Å². The molecule has 1 aliphatic heterocycles. The SMILES string of the molecule is CC(C1CN(O)CCO1)S(=O)(=O)O. The highest BCUT2D eigenvalue weighted by Gasteiger charge is 2.32. The van der Waals surface area contributed by atoms with E-state index in [1.807, 2.05) is 0 Å². The summed E-state index contributed by atoms with van der Waals surface area (Å²) < 4.78 is 35.2. The summed E-state index contributed by atoms with van der Waals surface area (Å²) in [6, 6.07) is 0. The van der Waals surface area contributed by atoms with E-state index in [9.17, 15) is 8.42 Å². The monoisotopic (exact) mass is 211 g/mol. The summed E-state index contributed by atoms with van der Waals surface area (Å²) >= 11 is 0. The van der Waals surface area contributed by atoms with Crippen molar-refractivity contribution in [3.05, 3.63) is 0 Å². The molecule has 2 unspecified atom stereocenters. The van der Waals surface area contributed by atoms with Crippen LogP contribution in [-0.2, 0) is 14.9 Å². The van der Waals surface area contributed by atoms with E-state index in [-0.39, 0.29) is 13.2 Å². The predicted octanol–water partition coefficient (Wildman–Crippen LogP) is -0.647. The average Bonchev–Trinajstić information content (AvgIpc) is 2.01. The van der Waals surface area contributed by atoms with Crippen molar-refractivity contribution >= 4 is 10.1 Å². The zero-order valence-corrected chi connectivity index (χ0v) is 8.07. The van der Waals surface area contributed by atoms with E-state index in [2.05, 4.69) is 0 Å². The van der Waals surface area contributed by atoms with Crippen LogP contribution in [0.1, 0.15) is 6.92 Å². The summed E-state index contributed by atoms with van der Waals surface area (Å²) in [5, 5.41) is 9.04. The first kappa shape index (κ1) is 10.9. The van der Waals surface area contributed by atoms with Crippen LogP contribution < -0.4 is 0 Å². The molecule has 0 amide bonds. The van der Waals surface area contributed by atoms with Crippen LogP contribution in [-0.4, -0.2) is 54.3 Å². The average molecular weight is 211 g/mol. The molecule has 1 rings (SSSR count). The fourth-order valence-electron chi connectivity index (χ4n) is 1.14. The molecule has 2 N–H and O–H groups in total. The number of hydroxylamine groups is 2. The zero-order chi connectivity index (χ0) is 10.1. The van der Waals surface area contributed by atoms with Crippen LogP contribution in [0.4, 0.5) is 0 Å². The fraction of sp³-hybridized carbons (Fsp3) is 1.00. The van der Waals surface area contributed by atoms with Gasteiger partial charge in [0.2, 0.25) is 0 Å². The normalized spacial score (nSPS) is 28.7. The van der Waals surface area contributed by atoms with Crippen molar-refractivity contribution in [2.75, 3.05) is 19.7 Å². The number of nitrogens with zero attached hydrogens (tertiary/aromatic N) is 1. The molecule has 1 heterocycles. The maximum atomic E-state index is 10.7. The summed E-state index contributed by atoms with van der Waals surface area (Å²) in [6.45, 7) is 2.07. The summed E-state index contributed by atoms with van der Waals surface area (Å²) in [6.07, 6.45) is -0.672. The molecule has 0 saturated carbocycles. The lowest BCUT2D eigenvalue weighted by atomic mass is 10.2. The van der Waals surface area contributed by atoms with Crippen molar-refractivity contribution < 1.29 is 22.9 Å². The summed E-state index contributed by atoms with van der Waals surface area (Å²) in [5.41, 5.74) is 0. The third-order valence-electron chi connectivity index (χ3n) is 2.07. The first-order chi connectivity index (χ1) is 5.91. The van der Waals surface area contributed by atoms with Gasteiger partial charge in [-0.1, -0.05) is 0 Å². The summed E-state index contributed by atoms with van der Waals surface area (Å²) in [5.74, 6) is 0. The van der Waals surface area contributed by atoms with E-state index in [1.54, 1.807) is 0 Å². The van der Waals surface area contributed by atoms with Crippen molar-refractivity contribution in [2.24, 2.45) is 0 Å². The Morgan fingerprint density at radius 3 is 2.69 bits per heavy atom. The molecule has 1 aliphatic rings. The van der Waals surface area contributed by atoms with Crippen molar-refractivity contribution in [1.29, 1.82) is 0 Å². The first-order valence-corrected chi connectivity index (χ1v) is 5.43. The molecule has 0 aromatic carbocycles. The fourth-order valence-corrected chi connectivity index (χ4v) is 1.69. The summed E-state index contributed by atoms with van der Waals surface area (Å²) in [4.78, 5) is 0. The van der Waals surface area contributed by atoms with Crippen LogP contribution in [0.2, 0.25) is 0 Å². The number of morpholine rings is 1. The molecule has 7 heteroatoms. The molecular weight excluding hydrogens is 198 g/mol. The second-order valence-corrected chi connectivity index (χ2v) is 4.82. The van der Waals surface area contributed by atoms with Gasteiger partial charge in [0.1, 0.15) is 5.25 Å². The molecular formula is C6H13NO5S. The van der Waals surface area contributed by atoms with Crippen molar-refractivity contribution in [3.63, 3.8) is 0 Å². The van der Waals surface area contributed by atoms with Gasteiger partial charge in [0.15, 0.2) is 0 Å². The van der Waals surface area contributed by atoms with Crippen LogP contribution in [0.25, 0.3) is 0 Å². The Hall–Kier alpha value is -0.210. The number of hydrogen-bond donors (Lipinski definition) is 2. The smallest absolute Gasteiger partial charge is 0.270 e. The van der Waals surface area contributed by atoms with Crippen LogP contribution in [0, 0.1) is 0 Å². The van der Waals surface area contributed by atoms with E-state index in [4.69, 9.17) is 14.5 Å². The second kappa shape index (κ2) is 3.89. The van der Waals surface area contributed by atoms with Crippen LogP contribution in [0.15, 0.2) is 0 Å². The molecule has 1 fully saturated rings. The minimum Gasteiger partial charge on any atom is -0.374 e. The quantitative estimate of drug-likeness (QED) is 0.590. The van der Waals surface area contributed by atoms with E-state index >= 15 is 0 Å². The minimum atomic E-state index is -4.09.